The number of carboxylic acid groups (broad SMARTS) is 1. The van der Waals surface area contributed by atoms with Gasteiger partial charge in [-0.05, 0) is 5.57 Å². The van der Waals surface area contributed by atoms with E-state index in [0.29, 0.717) is 0 Å². The molecule has 88 valence electrons. The Kier molecular flexibility index (Phi) is 3.78. The number of carbonyl (C=O) groups is 1. The van der Waals surface area contributed by atoms with Gasteiger partial charge in [-0.15, -0.1) is 0 Å². The van der Waals surface area contributed by atoms with Crippen molar-refractivity contribution >= 4 is 5.97 Å². The molecule has 0 spiro atoms. The quantitative estimate of drug-likeness (QED) is 0.543. The van der Waals surface area contributed by atoms with Crippen molar-refractivity contribution in [2.24, 2.45) is 0 Å². The molecule has 0 radical (unpaired) electrons. The maximum atomic E-state index is 12.5. The molecule has 1 atom stereocenters. The van der Waals surface area contributed by atoms with Crippen LogP contribution in [0.25, 0.3) is 0 Å². The van der Waals surface area contributed by atoms with Gasteiger partial charge in [0.1, 0.15) is 0 Å². The molecule has 0 saturated carbocycles. The Bertz CT molecular complexity index is 269. The van der Waals surface area contributed by atoms with E-state index in [9.17, 15) is 36.2 Å². The molecular formula is C7H5F6O2-. The van der Waals surface area contributed by atoms with E-state index in [-0.39, 0.29) is 0 Å². The Morgan fingerprint density at radius 1 is 1.27 bits per heavy atom. The van der Waals surface area contributed by atoms with E-state index >= 15 is 0 Å². The van der Waals surface area contributed by atoms with Crippen LogP contribution >= 0.6 is 0 Å². The van der Waals surface area contributed by atoms with Gasteiger partial charge >= 0.3 is 6.18 Å². The third-order valence-electron chi connectivity index (χ3n) is 1.40. The van der Waals surface area contributed by atoms with Crippen LogP contribution in [0.5, 0.6) is 0 Å². The molecule has 0 aliphatic rings. The molecule has 0 bridgehead atoms. The third-order valence-corrected chi connectivity index (χ3v) is 1.40. The van der Waals surface area contributed by atoms with Gasteiger partial charge in [0.25, 0.3) is 12.1 Å². The Hall–Kier alpha value is -1.21. The van der Waals surface area contributed by atoms with Crippen LogP contribution in [-0.4, -0.2) is 24.2 Å². The van der Waals surface area contributed by atoms with Crippen LogP contribution in [-0.2, 0) is 4.79 Å². The highest BCUT2D eigenvalue weighted by Crippen LogP contribution is 2.38. The van der Waals surface area contributed by atoms with Crippen LogP contribution in [0.1, 0.15) is 6.42 Å². The van der Waals surface area contributed by atoms with E-state index < -0.39 is 36.2 Å². The number of halogens is 6. The summed E-state index contributed by atoms with van der Waals surface area (Å²) >= 11 is 0. The molecule has 8 heteroatoms. The average molecular weight is 235 g/mol. The van der Waals surface area contributed by atoms with Crippen LogP contribution in [0.3, 0.4) is 0 Å². The zero-order chi connectivity index (χ0) is 12.4. The zero-order valence-electron chi connectivity index (χ0n) is 7.08. The first kappa shape index (κ1) is 13.8. The summed E-state index contributed by atoms with van der Waals surface area (Å²) in [4.78, 5) is 9.90. The van der Waals surface area contributed by atoms with Crippen molar-refractivity contribution in [3.63, 3.8) is 0 Å². The smallest absolute Gasteiger partial charge is 0.425 e. The van der Waals surface area contributed by atoms with E-state index in [1.54, 1.807) is 0 Å². The van der Waals surface area contributed by atoms with Crippen molar-refractivity contribution in [2.45, 2.75) is 24.7 Å². The topological polar surface area (TPSA) is 40.1 Å². The molecule has 0 saturated heterocycles. The minimum absolute atomic E-state index is 1.30. The van der Waals surface area contributed by atoms with Gasteiger partial charge in [-0.2, -0.15) is 13.2 Å². The summed E-state index contributed by atoms with van der Waals surface area (Å²) in [5.74, 6) is -7.01. The van der Waals surface area contributed by atoms with E-state index in [1.165, 1.54) is 0 Å². The first-order valence-electron chi connectivity index (χ1n) is 3.46. The number of aliphatic carboxylic acids is 1. The summed E-state index contributed by atoms with van der Waals surface area (Å²) in [7, 11) is 0. The molecule has 0 aliphatic carbocycles. The monoisotopic (exact) mass is 235 g/mol. The van der Waals surface area contributed by atoms with E-state index in [1.807, 2.05) is 0 Å². The largest absolute Gasteiger partial charge is 0.545 e. The maximum absolute atomic E-state index is 12.5. The maximum Gasteiger partial charge on any atom is 0.425 e. The Morgan fingerprint density at radius 3 is 1.93 bits per heavy atom. The molecule has 15 heavy (non-hydrogen) atoms. The fourth-order valence-corrected chi connectivity index (χ4v) is 0.686. The van der Waals surface area contributed by atoms with Gasteiger partial charge in [-0.3, -0.25) is 0 Å². The fourth-order valence-electron chi connectivity index (χ4n) is 0.686. The van der Waals surface area contributed by atoms with Crippen LogP contribution in [0.2, 0.25) is 0 Å². The minimum atomic E-state index is -5.75. The normalized spacial score (nSPS) is 14.8. The number of carbonyl (C=O) groups excluding carboxylic acids is 1. The molecule has 2 nitrogen and oxygen atoms in total. The van der Waals surface area contributed by atoms with Crippen LogP contribution in [0.4, 0.5) is 26.3 Å². The van der Waals surface area contributed by atoms with E-state index in [2.05, 4.69) is 6.58 Å². The summed E-state index contributed by atoms with van der Waals surface area (Å²) in [6.07, 6.45) is -12.1. The van der Waals surface area contributed by atoms with Crippen molar-refractivity contribution in [1.29, 1.82) is 0 Å². The lowest BCUT2D eigenvalue weighted by Crippen LogP contribution is -2.43. The summed E-state index contributed by atoms with van der Waals surface area (Å²) in [6, 6.07) is 0. The Balaban J connectivity index is 4.69. The molecule has 0 amide bonds. The lowest BCUT2D eigenvalue weighted by atomic mass is 10.0. The molecule has 1 unspecified atom stereocenters. The van der Waals surface area contributed by atoms with Gasteiger partial charge in [0.15, 0.2) is 0 Å². The molecule has 0 heterocycles. The zero-order valence-corrected chi connectivity index (χ0v) is 7.08. The van der Waals surface area contributed by atoms with Crippen molar-refractivity contribution in [1.82, 2.24) is 0 Å². The Labute approximate surface area is 80.2 Å². The number of rotatable bonds is 4. The van der Waals surface area contributed by atoms with E-state index in [0.717, 1.165) is 0 Å². The molecular weight excluding hydrogens is 230 g/mol. The van der Waals surface area contributed by atoms with Crippen molar-refractivity contribution in [3.8, 4) is 0 Å². The molecule has 0 N–H and O–H groups in total. The second-order valence-corrected chi connectivity index (χ2v) is 2.73. The van der Waals surface area contributed by atoms with Crippen molar-refractivity contribution in [2.75, 3.05) is 0 Å². The fraction of sp³-hybridized carbons (Fsp3) is 0.571. The van der Waals surface area contributed by atoms with E-state index in [4.69, 9.17) is 0 Å². The molecule has 0 aliphatic heterocycles. The second-order valence-electron chi connectivity index (χ2n) is 2.73. The van der Waals surface area contributed by atoms with Gasteiger partial charge in [0.05, 0.1) is 5.97 Å². The number of alkyl halides is 6. The highest BCUT2D eigenvalue weighted by Gasteiger charge is 2.56. The number of hydrogen-bond donors (Lipinski definition) is 0. The summed E-state index contributed by atoms with van der Waals surface area (Å²) < 4.78 is 71.8. The molecule has 0 fully saturated rings. The molecule has 0 aromatic heterocycles. The van der Waals surface area contributed by atoms with Crippen LogP contribution in [0, 0.1) is 0 Å². The minimum Gasteiger partial charge on any atom is -0.545 e. The van der Waals surface area contributed by atoms with Gasteiger partial charge in [0.2, 0.25) is 0 Å². The molecule has 0 aromatic carbocycles. The second kappa shape index (κ2) is 4.11. The summed E-state index contributed by atoms with van der Waals surface area (Å²) in [6.45, 7) is 2.53. The molecule has 0 aromatic rings. The van der Waals surface area contributed by atoms with Crippen molar-refractivity contribution < 1.29 is 36.2 Å². The standard InChI is InChI=1S/C7H6F6O2/c1-3(4(14)15)2-6(9,10)5(8)7(11,12)13/h5H,1-2H2,(H,14,15)/p-1. The van der Waals surface area contributed by atoms with Crippen LogP contribution in [0.15, 0.2) is 12.2 Å². The van der Waals surface area contributed by atoms with Crippen molar-refractivity contribution in [3.05, 3.63) is 12.2 Å². The highest BCUT2D eigenvalue weighted by molar-refractivity contribution is 5.83. The first-order chi connectivity index (χ1) is 6.48. The summed E-state index contributed by atoms with van der Waals surface area (Å²) in [5, 5.41) is 9.90. The van der Waals surface area contributed by atoms with Gasteiger partial charge in [-0.25, -0.2) is 13.2 Å². The molecule has 0 rings (SSSR count). The highest BCUT2D eigenvalue weighted by atomic mass is 19.4. The summed E-state index contributed by atoms with van der Waals surface area (Å²) in [5.41, 5.74) is -1.30. The predicted octanol–water partition coefficient (Wildman–Crippen LogP) is 1.22. The lowest BCUT2D eigenvalue weighted by molar-refractivity contribution is -0.301. The SMILES string of the molecule is C=C(CC(F)(F)C(F)C(F)(F)F)C(=O)[O-]. The van der Waals surface area contributed by atoms with Gasteiger partial charge in [-0.1, -0.05) is 6.58 Å². The van der Waals surface area contributed by atoms with Gasteiger partial charge < -0.3 is 9.90 Å². The number of hydrogen-bond acceptors (Lipinski definition) is 2. The van der Waals surface area contributed by atoms with Gasteiger partial charge in [0, 0.05) is 6.42 Å². The van der Waals surface area contributed by atoms with Crippen LogP contribution < -0.4 is 5.11 Å². The first-order valence-corrected chi connectivity index (χ1v) is 3.46. The third kappa shape index (κ3) is 3.80. The average Bonchev–Trinajstić information content (AvgIpc) is 2.00. The lowest BCUT2D eigenvalue weighted by Gasteiger charge is -2.23. The Morgan fingerprint density at radius 2 is 1.67 bits per heavy atom. The predicted molar refractivity (Wildman–Crippen MR) is 34.7 cm³/mol. The number of carboxylic acids is 1.